The molecular formula is C20H19N2O5+. The van der Waals surface area contributed by atoms with Gasteiger partial charge in [-0.2, -0.15) is 5.43 Å². The van der Waals surface area contributed by atoms with Crippen molar-refractivity contribution in [3.8, 4) is 16.9 Å². The van der Waals surface area contributed by atoms with Crippen LogP contribution in [0.4, 0.5) is 11.4 Å². The van der Waals surface area contributed by atoms with Crippen molar-refractivity contribution in [3.63, 3.8) is 0 Å². The average molecular weight is 367 g/mol. The fraction of sp³-hybridized carbons (Fsp3) is 0.0500. The van der Waals surface area contributed by atoms with E-state index in [2.05, 4.69) is 5.43 Å². The first kappa shape index (κ1) is 18.4. The number of carboxylic acids is 1. The maximum Gasteiger partial charge on any atom is 0.335 e. The third-order valence-corrected chi connectivity index (χ3v) is 4.04. The molecule has 0 spiro atoms. The summed E-state index contributed by atoms with van der Waals surface area (Å²) in [6.07, 6.45) is 0. The smallest absolute Gasteiger partial charge is 0.335 e. The van der Waals surface area contributed by atoms with E-state index in [1.807, 2.05) is 36.4 Å². The topological polar surface area (TPSA) is 99.0 Å². The number of hydrogen-bond acceptors (Lipinski definition) is 5. The van der Waals surface area contributed by atoms with Gasteiger partial charge in [0.25, 0.3) is 0 Å². The SMILES string of the molecule is COc1cc(C(=O)O)ccc1N[N+](O)(O)c1cccc(-c2ccccc2)c1. The fourth-order valence-corrected chi connectivity index (χ4v) is 2.66. The van der Waals surface area contributed by atoms with Gasteiger partial charge in [-0.25, -0.2) is 4.79 Å². The van der Waals surface area contributed by atoms with Gasteiger partial charge in [0.05, 0.1) is 17.6 Å². The number of aromatic carboxylic acids is 1. The van der Waals surface area contributed by atoms with Gasteiger partial charge in [-0.05, 0) is 29.3 Å². The van der Waals surface area contributed by atoms with E-state index >= 15 is 0 Å². The third kappa shape index (κ3) is 4.06. The normalized spacial score (nSPS) is 11.1. The van der Waals surface area contributed by atoms with Crippen LogP contribution in [-0.4, -0.2) is 28.6 Å². The second-order valence-corrected chi connectivity index (χ2v) is 5.85. The minimum atomic E-state index is -1.64. The number of nitrogens with one attached hydrogen (secondary N) is 1. The second-order valence-electron chi connectivity index (χ2n) is 5.85. The Labute approximate surface area is 155 Å². The van der Waals surface area contributed by atoms with Gasteiger partial charge < -0.3 is 9.84 Å². The standard InChI is InChI=1S/C20H18N2O5/c1-27-19-13-16(20(23)24)10-11-18(19)21-22(25,26)17-9-5-8-15(12-17)14-6-3-2-4-7-14/h2-13,21,25-26H,1H3/p+1. The van der Waals surface area contributed by atoms with E-state index in [1.54, 1.807) is 18.2 Å². The molecule has 4 N–H and O–H groups in total. The van der Waals surface area contributed by atoms with Gasteiger partial charge in [0, 0.05) is 12.1 Å². The zero-order valence-corrected chi connectivity index (χ0v) is 14.5. The number of nitrogens with zero attached hydrogens (tertiary/aromatic N) is 1. The monoisotopic (exact) mass is 367 g/mol. The van der Waals surface area contributed by atoms with Crippen molar-refractivity contribution >= 4 is 17.3 Å². The van der Waals surface area contributed by atoms with Crippen molar-refractivity contribution in [2.24, 2.45) is 0 Å². The number of carboxylic acid groups (broad SMARTS) is 1. The first-order valence-corrected chi connectivity index (χ1v) is 8.11. The average Bonchev–Trinajstić information content (AvgIpc) is 2.68. The van der Waals surface area contributed by atoms with Crippen LogP contribution in [0.2, 0.25) is 0 Å². The van der Waals surface area contributed by atoms with E-state index < -0.39 is 10.9 Å². The van der Waals surface area contributed by atoms with Crippen LogP contribution in [-0.2, 0) is 0 Å². The van der Waals surface area contributed by atoms with Crippen LogP contribution in [0.15, 0.2) is 72.8 Å². The van der Waals surface area contributed by atoms with Gasteiger partial charge in [0.1, 0.15) is 11.4 Å². The number of ether oxygens (including phenoxy) is 1. The lowest BCUT2D eigenvalue weighted by Gasteiger charge is -2.23. The number of hydrogen-bond donors (Lipinski definition) is 4. The van der Waals surface area contributed by atoms with Crippen molar-refractivity contribution in [3.05, 3.63) is 78.4 Å². The molecule has 27 heavy (non-hydrogen) atoms. The highest BCUT2D eigenvalue weighted by molar-refractivity contribution is 5.89. The maximum atomic E-state index is 11.1. The summed E-state index contributed by atoms with van der Waals surface area (Å²) in [5.74, 6) is -0.941. The molecule has 3 aromatic carbocycles. The van der Waals surface area contributed by atoms with E-state index in [4.69, 9.17) is 9.84 Å². The van der Waals surface area contributed by atoms with Gasteiger partial charge in [-0.1, -0.05) is 42.5 Å². The molecule has 7 heteroatoms. The number of anilines is 1. The van der Waals surface area contributed by atoms with Gasteiger partial charge in [0.15, 0.2) is 0 Å². The summed E-state index contributed by atoms with van der Waals surface area (Å²) in [6.45, 7) is 0. The van der Waals surface area contributed by atoms with Gasteiger partial charge >= 0.3 is 5.97 Å². The van der Waals surface area contributed by atoms with Crippen molar-refractivity contribution in [2.75, 3.05) is 12.5 Å². The highest BCUT2D eigenvalue weighted by atomic mass is 16.9. The molecule has 0 aromatic heterocycles. The van der Waals surface area contributed by atoms with Crippen molar-refractivity contribution in [2.45, 2.75) is 0 Å². The lowest BCUT2D eigenvalue weighted by Crippen LogP contribution is -2.47. The number of carbonyl (C=O) groups is 1. The zero-order valence-electron chi connectivity index (χ0n) is 14.5. The number of rotatable bonds is 6. The van der Waals surface area contributed by atoms with Crippen LogP contribution in [0.25, 0.3) is 11.1 Å². The van der Waals surface area contributed by atoms with Crippen LogP contribution in [0.5, 0.6) is 5.75 Å². The molecular weight excluding hydrogens is 348 g/mol. The summed E-state index contributed by atoms with van der Waals surface area (Å²) in [7, 11) is 1.37. The van der Waals surface area contributed by atoms with E-state index in [9.17, 15) is 15.2 Å². The van der Waals surface area contributed by atoms with Crippen LogP contribution in [0.1, 0.15) is 10.4 Å². The molecule has 0 aliphatic rings. The van der Waals surface area contributed by atoms with Crippen molar-refractivity contribution in [1.29, 1.82) is 0 Å². The summed E-state index contributed by atoms with van der Waals surface area (Å²) in [5, 5.41) is 30.1. The maximum absolute atomic E-state index is 11.1. The van der Waals surface area contributed by atoms with Crippen molar-refractivity contribution < 1.29 is 25.1 Å². The Morgan fingerprint density at radius 3 is 2.30 bits per heavy atom. The van der Waals surface area contributed by atoms with E-state index in [-0.39, 0.29) is 22.7 Å². The van der Waals surface area contributed by atoms with Gasteiger partial charge in [0.2, 0.25) is 5.69 Å². The Hall–Kier alpha value is -3.39. The minimum Gasteiger partial charge on any atom is -0.494 e. The predicted molar refractivity (Wildman–Crippen MR) is 101 cm³/mol. The van der Waals surface area contributed by atoms with Crippen LogP contribution >= 0.6 is 0 Å². The summed E-state index contributed by atoms with van der Waals surface area (Å²) >= 11 is 0. The van der Waals surface area contributed by atoms with Crippen LogP contribution in [0, 0.1) is 0 Å². The molecule has 3 rings (SSSR count). The minimum absolute atomic E-state index is 0.0254. The summed E-state index contributed by atoms with van der Waals surface area (Å²) in [4.78, 5) is 9.45. The second kappa shape index (κ2) is 7.46. The summed E-state index contributed by atoms with van der Waals surface area (Å²) < 4.78 is 5.15. The quantitative estimate of drug-likeness (QED) is 0.385. The molecule has 0 bridgehead atoms. The van der Waals surface area contributed by atoms with Gasteiger partial charge in [-0.15, -0.1) is 10.4 Å². The van der Waals surface area contributed by atoms with Gasteiger partial charge in [-0.3, -0.25) is 0 Å². The fourth-order valence-electron chi connectivity index (χ4n) is 2.66. The van der Waals surface area contributed by atoms with Crippen LogP contribution < -0.4 is 15.1 Å². The molecule has 0 saturated carbocycles. The Morgan fingerprint density at radius 2 is 1.63 bits per heavy atom. The zero-order chi connectivity index (χ0) is 19.4. The Morgan fingerprint density at radius 1 is 0.926 bits per heavy atom. The molecule has 0 radical (unpaired) electrons. The van der Waals surface area contributed by atoms with E-state index in [1.165, 1.54) is 25.3 Å². The Balaban J connectivity index is 1.92. The Bertz CT molecular complexity index is 958. The lowest BCUT2D eigenvalue weighted by atomic mass is 10.1. The predicted octanol–water partition coefficient (Wildman–Crippen LogP) is 4.17. The lowest BCUT2D eigenvalue weighted by molar-refractivity contribution is -0.272. The number of quaternary nitrogens is 1. The summed E-state index contributed by atoms with van der Waals surface area (Å²) in [6, 6.07) is 20.3. The largest absolute Gasteiger partial charge is 0.494 e. The molecule has 0 amide bonds. The van der Waals surface area contributed by atoms with Crippen molar-refractivity contribution in [1.82, 2.24) is 4.92 Å². The third-order valence-electron chi connectivity index (χ3n) is 4.04. The molecule has 0 aliphatic carbocycles. The Kier molecular flexibility index (Phi) is 5.09. The van der Waals surface area contributed by atoms with Crippen LogP contribution in [0.3, 0.4) is 0 Å². The first-order chi connectivity index (χ1) is 12.9. The molecule has 7 nitrogen and oxygen atoms in total. The molecule has 0 aliphatic heterocycles. The van der Waals surface area contributed by atoms with E-state index in [0.717, 1.165) is 11.1 Å². The molecule has 0 fully saturated rings. The molecule has 0 unspecified atom stereocenters. The molecule has 0 heterocycles. The number of methoxy groups -OCH3 is 1. The number of benzene rings is 3. The highest BCUT2D eigenvalue weighted by Gasteiger charge is 2.29. The summed E-state index contributed by atoms with van der Waals surface area (Å²) in [5.41, 5.74) is 4.69. The first-order valence-electron chi connectivity index (χ1n) is 8.11. The molecule has 0 saturated heterocycles. The highest BCUT2D eigenvalue weighted by Crippen LogP contribution is 2.31. The molecule has 138 valence electrons. The molecule has 0 atom stereocenters. The molecule has 3 aromatic rings. The van der Waals surface area contributed by atoms with E-state index in [0.29, 0.717) is 0 Å².